The molecule has 1 aliphatic carbocycles. The normalized spacial score (nSPS) is 37.5. The molecule has 3 N–H and O–H groups in total. The zero-order chi connectivity index (χ0) is 8.48. The molecule has 4 heteroatoms. The van der Waals surface area contributed by atoms with E-state index in [0.717, 1.165) is 6.42 Å². The van der Waals surface area contributed by atoms with Crippen LogP contribution in [-0.2, 0) is 4.79 Å². The molecule has 2 atom stereocenters. The number of rotatable bonds is 2. The van der Waals surface area contributed by atoms with Crippen LogP contribution in [0.15, 0.2) is 0 Å². The van der Waals surface area contributed by atoms with Crippen molar-refractivity contribution in [2.75, 3.05) is 6.26 Å². The number of thioether (sulfide) groups is 1. The quantitative estimate of drug-likeness (QED) is 0.648. The average Bonchev–Trinajstić information content (AvgIpc) is 2.33. The Morgan fingerprint density at radius 1 is 1.82 bits per heavy atom. The number of aliphatic carboxylic acids is 1. The zero-order valence-corrected chi connectivity index (χ0v) is 7.36. The van der Waals surface area contributed by atoms with Crippen molar-refractivity contribution in [3.63, 3.8) is 0 Å². The van der Waals surface area contributed by atoms with Crippen LogP contribution in [0.2, 0.25) is 0 Å². The summed E-state index contributed by atoms with van der Waals surface area (Å²) in [7, 11) is 0. The van der Waals surface area contributed by atoms with Crippen molar-refractivity contribution in [1.82, 2.24) is 0 Å². The van der Waals surface area contributed by atoms with Crippen molar-refractivity contribution in [2.45, 2.75) is 30.1 Å². The molecule has 0 saturated heterocycles. The summed E-state index contributed by atoms with van der Waals surface area (Å²) in [5.41, 5.74) is 4.72. The molecule has 1 aliphatic rings. The summed E-state index contributed by atoms with van der Waals surface area (Å²) in [6.07, 6.45) is 4.17. The average molecular weight is 175 g/mol. The van der Waals surface area contributed by atoms with Gasteiger partial charge in [-0.3, -0.25) is 4.79 Å². The van der Waals surface area contributed by atoms with Gasteiger partial charge in [-0.1, -0.05) is 0 Å². The van der Waals surface area contributed by atoms with Gasteiger partial charge in [0.1, 0.15) is 5.54 Å². The van der Waals surface area contributed by atoms with Crippen LogP contribution in [0, 0.1) is 0 Å². The highest BCUT2D eigenvalue weighted by atomic mass is 32.2. The fourth-order valence-corrected chi connectivity index (χ4v) is 2.24. The van der Waals surface area contributed by atoms with E-state index < -0.39 is 11.5 Å². The fourth-order valence-electron chi connectivity index (χ4n) is 1.42. The minimum atomic E-state index is -0.937. The Hall–Kier alpha value is -0.220. The predicted octanol–water partition coefficient (Wildman–Crippen LogP) is 0.684. The first-order valence-electron chi connectivity index (χ1n) is 3.63. The number of carboxylic acids is 1. The number of hydrogen-bond donors (Lipinski definition) is 2. The molecule has 11 heavy (non-hydrogen) atoms. The van der Waals surface area contributed by atoms with Crippen LogP contribution < -0.4 is 5.73 Å². The van der Waals surface area contributed by atoms with Crippen LogP contribution in [0.3, 0.4) is 0 Å². The van der Waals surface area contributed by atoms with E-state index in [2.05, 4.69) is 0 Å². The van der Waals surface area contributed by atoms with E-state index in [1.807, 2.05) is 6.26 Å². The maximum atomic E-state index is 10.7. The Kier molecular flexibility index (Phi) is 2.44. The highest BCUT2D eigenvalue weighted by Crippen LogP contribution is 2.34. The van der Waals surface area contributed by atoms with Crippen LogP contribution in [0.25, 0.3) is 0 Å². The molecule has 0 aromatic rings. The molecule has 1 saturated carbocycles. The summed E-state index contributed by atoms with van der Waals surface area (Å²) in [6.45, 7) is 0. The molecule has 0 heterocycles. The van der Waals surface area contributed by atoms with E-state index in [0.29, 0.717) is 18.1 Å². The summed E-state index contributed by atoms with van der Waals surface area (Å²) >= 11 is 1.71. The topological polar surface area (TPSA) is 63.3 Å². The van der Waals surface area contributed by atoms with Gasteiger partial charge in [0.05, 0.1) is 0 Å². The first kappa shape index (κ1) is 8.87. The Bertz CT molecular complexity index is 174. The first-order chi connectivity index (χ1) is 5.08. The molecule has 1 fully saturated rings. The highest BCUT2D eigenvalue weighted by Gasteiger charge is 2.41. The Morgan fingerprint density at radius 2 is 2.45 bits per heavy atom. The number of carboxylic acid groups (broad SMARTS) is 1. The maximum Gasteiger partial charge on any atom is 0.323 e. The molecule has 0 aromatic heterocycles. The van der Waals surface area contributed by atoms with Crippen LogP contribution in [0.1, 0.15) is 19.3 Å². The third kappa shape index (κ3) is 1.68. The van der Waals surface area contributed by atoms with E-state index in [1.54, 1.807) is 11.8 Å². The van der Waals surface area contributed by atoms with Gasteiger partial charge >= 0.3 is 5.97 Å². The molecule has 3 nitrogen and oxygen atoms in total. The summed E-state index contributed by atoms with van der Waals surface area (Å²) < 4.78 is 0. The van der Waals surface area contributed by atoms with Crippen LogP contribution >= 0.6 is 11.8 Å². The fraction of sp³-hybridized carbons (Fsp3) is 0.857. The lowest BCUT2D eigenvalue weighted by molar-refractivity contribution is -0.143. The van der Waals surface area contributed by atoms with E-state index in [-0.39, 0.29) is 0 Å². The first-order valence-corrected chi connectivity index (χ1v) is 4.92. The van der Waals surface area contributed by atoms with Gasteiger partial charge in [-0.15, -0.1) is 0 Å². The summed E-state index contributed by atoms with van der Waals surface area (Å²) in [6, 6.07) is 0. The van der Waals surface area contributed by atoms with Crippen LogP contribution in [0.5, 0.6) is 0 Å². The number of carbonyl (C=O) groups is 1. The molecule has 0 amide bonds. The molecule has 0 spiro atoms. The second-order valence-electron chi connectivity index (χ2n) is 3.06. The van der Waals surface area contributed by atoms with Gasteiger partial charge < -0.3 is 10.8 Å². The molecule has 0 radical (unpaired) electrons. The van der Waals surface area contributed by atoms with Gasteiger partial charge in [0, 0.05) is 5.25 Å². The highest BCUT2D eigenvalue weighted by molar-refractivity contribution is 7.99. The van der Waals surface area contributed by atoms with Gasteiger partial charge in [0.15, 0.2) is 0 Å². The van der Waals surface area contributed by atoms with Crippen LogP contribution in [0.4, 0.5) is 0 Å². The van der Waals surface area contributed by atoms with E-state index in [9.17, 15) is 4.79 Å². The minimum Gasteiger partial charge on any atom is -0.480 e. The van der Waals surface area contributed by atoms with Gasteiger partial charge in [-0.2, -0.15) is 11.8 Å². The lowest BCUT2D eigenvalue weighted by Crippen LogP contribution is -2.45. The largest absolute Gasteiger partial charge is 0.480 e. The van der Waals surface area contributed by atoms with E-state index >= 15 is 0 Å². The molecular formula is C7H13NO2S. The number of hydrogen-bond acceptors (Lipinski definition) is 3. The molecule has 0 aromatic carbocycles. The van der Waals surface area contributed by atoms with E-state index in [1.165, 1.54) is 0 Å². The molecule has 0 aliphatic heterocycles. The summed E-state index contributed by atoms with van der Waals surface area (Å²) in [5, 5.41) is 9.19. The van der Waals surface area contributed by atoms with Crippen molar-refractivity contribution < 1.29 is 9.90 Å². The standard InChI is InChI=1S/C7H13NO2S/c1-11-5-2-3-7(8,4-5)6(9)10/h5H,2-4,8H2,1H3,(H,9,10)/t5-,7+/m1/s1. The van der Waals surface area contributed by atoms with Crippen molar-refractivity contribution in [3.05, 3.63) is 0 Å². The van der Waals surface area contributed by atoms with Gasteiger partial charge in [-0.25, -0.2) is 0 Å². The summed E-state index contributed by atoms with van der Waals surface area (Å²) in [4.78, 5) is 10.7. The smallest absolute Gasteiger partial charge is 0.323 e. The second kappa shape index (κ2) is 3.03. The zero-order valence-electron chi connectivity index (χ0n) is 6.54. The SMILES string of the molecule is CS[C@@H]1CC[C@@](N)(C(=O)O)C1. The Morgan fingerprint density at radius 3 is 2.73 bits per heavy atom. The summed E-state index contributed by atoms with van der Waals surface area (Å²) in [5.74, 6) is -0.853. The second-order valence-corrected chi connectivity index (χ2v) is 4.20. The lowest BCUT2D eigenvalue weighted by atomic mass is 10.0. The molecule has 0 unspecified atom stereocenters. The van der Waals surface area contributed by atoms with Crippen molar-refractivity contribution in [3.8, 4) is 0 Å². The van der Waals surface area contributed by atoms with Crippen molar-refractivity contribution in [2.24, 2.45) is 5.73 Å². The molecule has 1 rings (SSSR count). The van der Waals surface area contributed by atoms with Crippen LogP contribution in [-0.4, -0.2) is 28.1 Å². The lowest BCUT2D eigenvalue weighted by Gasteiger charge is -2.17. The number of nitrogens with two attached hydrogens (primary N) is 1. The third-order valence-corrected chi connectivity index (χ3v) is 3.33. The maximum absolute atomic E-state index is 10.7. The predicted molar refractivity (Wildman–Crippen MR) is 45.7 cm³/mol. The van der Waals surface area contributed by atoms with Crippen molar-refractivity contribution >= 4 is 17.7 Å². The van der Waals surface area contributed by atoms with Gasteiger partial charge in [0.25, 0.3) is 0 Å². The van der Waals surface area contributed by atoms with Gasteiger partial charge in [-0.05, 0) is 25.5 Å². The molecular weight excluding hydrogens is 162 g/mol. The monoisotopic (exact) mass is 175 g/mol. The van der Waals surface area contributed by atoms with Crippen molar-refractivity contribution in [1.29, 1.82) is 0 Å². The Balaban J connectivity index is 2.57. The molecule has 0 bridgehead atoms. The molecule has 64 valence electrons. The van der Waals surface area contributed by atoms with Gasteiger partial charge in [0.2, 0.25) is 0 Å². The Labute approximate surface area is 70.3 Å². The third-order valence-electron chi connectivity index (χ3n) is 2.26. The van der Waals surface area contributed by atoms with E-state index in [4.69, 9.17) is 10.8 Å². The minimum absolute atomic E-state index is 0.441.